The molecular weight excluding hydrogens is 222 g/mol. The summed E-state index contributed by atoms with van der Waals surface area (Å²) in [7, 11) is -4.16. The van der Waals surface area contributed by atoms with Crippen LogP contribution in [0.2, 0.25) is 0 Å². The molecule has 1 rings (SSSR count). The Morgan fingerprint density at radius 2 is 1.87 bits per heavy atom. The SMILES string of the molecule is Cc1ccc(S(=O)(=O)/C(F)=C/CF)cc1. The maximum Gasteiger partial charge on any atom is 0.233 e. The quantitative estimate of drug-likeness (QED) is 0.802. The van der Waals surface area contributed by atoms with Crippen LogP contribution in [0.15, 0.2) is 40.4 Å². The Bertz CT molecular complexity index is 461. The van der Waals surface area contributed by atoms with Crippen LogP contribution in [0.5, 0.6) is 0 Å². The van der Waals surface area contributed by atoms with Gasteiger partial charge >= 0.3 is 0 Å². The van der Waals surface area contributed by atoms with Crippen LogP contribution in [-0.2, 0) is 9.84 Å². The molecule has 0 saturated carbocycles. The summed E-state index contributed by atoms with van der Waals surface area (Å²) in [6, 6.07) is 5.68. The molecule has 15 heavy (non-hydrogen) atoms. The molecule has 0 amide bonds. The van der Waals surface area contributed by atoms with Gasteiger partial charge < -0.3 is 0 Å². The van der Waals surface area contributed by atoms with E-state index in [0.717, 1.165) is 5.56 Å². The molecule has 5 heteroatoms. The molecule has 0 atom stereocenters. The van der Waals surface area contributed by atoms with E-state index in [4.69, 9.17) is 0 Å². The number of allylic oxidation sites excluding steroid dienone is 1. The summed E-state index contributed by atoms with van der Waals surface area (Å²) >= 11 is 0. The summed E-state index contributed by atoms with van der Waals surface area (Å²) in [6.45, 7) is 0.640. The molecule has 0 N–H and O–H groups in total. The Hall–Kier alpha value is -1.23. The molecule has 0 aliphatic rings. The molecule has 82 valence electrons. The van der Waals surface area contributed by atoms with Crippen LogP contribution in [-0.4, -0.2) is 15.1 Å². The molecule has 0 aromatic heterocycles. The van der Waals surface area contributed by atoms with Crippen molar-refractivity contribution in [2.75, 3.05) is 6.67 Å². The van der Waals surface area contributed by atoms with Crippen LogP contribution in [0.3, 0.4) is 0 Å². The van der Waals surface area contributed by atoms with Gasteiger partial charge in [0.25, 0.3) is 0 Å². The molecule has 0 saturated heterocycles. The third kappa shape index (κ3) is 2.62. The summed E-state index contributed by atoms with van der Waals surface area (Å²) in [6.07, 6.45) is 0.398. The highest BCUT2D eigenvalue weighted by atomic mass is 32.2. The van der Waals surface area contributed by atoms with E-state index in [-0.39, 0.29) is 4.90 Å². The van der Waals surface area contributed by atoms with Crippen molar-refractivity contribution in [3.63, 3.8) is 0 Å². The van der Waals surface area contributed by atoms with Crippen molar-refractivity contribution in [3.05, 3.63) is 41.1 Å². The van der Waals surface area contributed by atoms with Crippen LogP contribution in [0.1, 0.15) is 5.56 Å². The van der Waals surface area contributed by atoms with Crippen molar-refractivity contribution in [2.45, 2.75) is 11.8 Å². The van der Waals surface area contributed by atoms with E-state index in [1.807, 2.05) is 0 Å². The molecule has 0 unspecified atom stereocenters. The first-order valence-electron chi connectivity index (χ1n) is 4.22. The number of benzene rings is 1. The number of rotatable bonds is 3. The highest BCUT2D eigenvalue weighted by Gasteiger charge is 2.19. The third-order valence-corrected chi connectivity index (χ3v) is 3.40. The van der Waals surface area contributed by atoms with Crippen LogP contribution < -0.4 is 0 Å². The van der Waals surface area contributed by atoms with Gasteiger partial charge in [-0.05, 0) is 25.1 Å². The van der Waals surface area contributed by atoms with Gasteiger partial charge in [-0.15, -0.1) is 0 Å². The van der Waals surface area contributed by atoms with Gasteiger partial charge in [-0.3, -0.25) is 0 Å². The Kier molecular flexibility index (Phi) is 3.57. The van der Waals surface area contributed by atoms with Crippen LogP contribution in [0, 0.1) is 6.92 Å². The topological polar surface area (TPSA) is 34.1 Å². The van der Waals surface area contributed by atoms with Gasteiger partial charge in [-0.25, -0.2) is 12.8 Å². The van der Waals surface area contributed by atoms with Crippen LogP contribution in [0.4, 0.5) is 8.78 Å². The number of aryl methyl sites for hydroxylation is 1. The minimum Gasteiger partial charge on any atom is -0.246 e. The summed E-state index contributed by atoms with van der Waals surface area (Å²) in [5.74, 6) is 0. The van der Waals surface area contributed by atoms with Gasteiger partial charge in [-0.2, -0.15) is 4.39 Å². The average Bonchev–Trinajstić information content (AvgIpc) is 2.18. The number of hydrogen-bond donors (Lipinski definition) is 0. The fraction of sp³-hybridized carbons (Fsp3) is 0.200. The highest BCUT2D eigenvalue weighted by Crippen LogP contribution is 2.20. The first kappa shape index (κ1) is 11.8. The van der Waals surface area contributed by atoms with Crippen molar-refractivity contribution in [1.29, 1.82) is 0 Å². The zero-order valence-corrected chi connectivity index (χ0v) is 8.89. The lowest BCUT2D eigenvalue weighted by Gasteiger charge is -2.01. The molecule has 0 fully saturated rings. The molecule has 0 aliphatic carbocycles. The Morgan fingerprint density at radius 1 is 1.33 bits per heavy atom. The molecule has 0 heterocycles. The lowest BCUT2D eigenvalue weighted by Crippen LogP contribution is -2.01. The number of sulfone groups is 1. The molecule has 0 spiro atoms. The van der Waals surface area contributed by atoms with Crippen molar-refractivity contribution < 1.29 is 17.2 Å². The third-order valence-electron chi connectivity index (χ3n) is 1.83. The largest absolute Gasteiger partial charge is 0.246 e. The number of hydrogen-bond acceptors (Lipinski definition) is 2. The van der Waals surface area contributed by atoms with E-state index < -0.39 is 21.7 Å². The summed E-state index contributed by atoms with van der Waals surface area (Å²) in [5.41, 5.74) is 0.865. The fourth-order valence-corrected chi connectivity index (χ4v) is 2.00. The molecular formula is C10H10F2O2S. The smallest absolute Gasteiger partial charge is 0.233 e. The van der Waals surface area contributed by atoms with Gasteiger partial charge in [0.2, 0.25) is 15.0 Å². The van der Waals surface area contributed by atoms with E-state index in [2.05, 4.69) is 0 Å². The lowest BCUT2D eigenvalue weighted by atomic mass is 10.2. The zero-order valence-electron chi connectivity index (χ0n) is 8.07. The predicted octanol–water partition coefficient (Wildman–Crippen LogP) is 2.55. The zero-order chi connectivity index (χ0) is 11.5. The van der Waals surface area contributed by atoms with E-state index in [1.54, 1.807) is 19.1 Å². The van der Waals surface area contributed by atoms with Crippen molar-refractivity contribution in [1.82, 2.24) is 0 Å². The fourth-order valence-electron chi connectivity index (χ4n) is 1.00. The summed E-state index contributed by atoms with van der Waals surface area (Å²) in [5, 5.41) is -1.45. The second-order valence-corrected chi connectivity index (χ2v) is 4.85. The molecule has 0 bridgehead atoms. The Morgan fingerprint density at radius 3 is 2.33 bits per heavy atom. The van der Waals surface area contributed by atoms with Crippen molar-refractivity contribution >= 4 is 9.84 Å². The number of alkyl halides is 1. The molecule has 1 aromatic rings. The van der Waals surface area contributed by atoms with Crippen LogP contribution in [0.25, 0.3) is 0 Å². The van der Waals surface area contributed by atoms with E-state index in [0.29, 0.717) is 6.08 Å². The second-order valence-electron chi connectivity index (χ2n) is 2.98. The van der Waals surface area contributed by atoms with Crippen LogP contribution >= 0.6 is 0 Å². The van der Waals surface area contributed by atoms with Gasteiger partial charge in [0.15, 0.2) is 0 Å². The van der Waals surface area contributed by atoms with E-state index in [9.17, 15) is 17.2 Å². The maximum absolute atomic E-state index is 13.0. The van der Waals surface area contributed by atoms with Crippen molar-refractivity contribution in [2.24, 2.45) is 0 Å². The minimum atomic E-state index is -4.16. The Balaban J connectivity index is 3.18. The predicted molar refractivity (Wildman–Crippen MR) is 53.5 cm³/mol. The van der Waals surface area contributed by atoms with Crippen molar-refractivity contribution in [3.8, 4) is 0 Å². The van der Waals surface area contributed by atoms with Gasteiger partial charge in [0.1, 0.15) is 6.67 Å². The van der Waals surface area contributed by atoms with E-state index >= 15 is 0 Å². The highest BCUT2D eigenvalue weighted by molar-refractivity contribution is 7.95. The average molecular weight is 232 g/mol. The Labute approximate surface area is 87.2 Å². The lowest BCUT2D eigenvalue weighted by molar-refractivity contribution is 0.542. The first-order valence-corrected chi connectivity index (χ1v) is 5.70. The molecule has 2 nitrogen and oxygen atoms in total. The normalized spacial score (nSPS) is 12.9. The van der Waals surface area contributed by atoms with Gasteiger partial charge in [0.05, 0.1) is 4.90 Å². The maximum atomic E-state index is 13.0. The minimum absolute atomic E-state index is 0.171. The number of halogens is 2. The van der Waals surface area contributed by atoms with Gasteiger partial charge in [0, 0.05) is 0 Å². The molecule has 0 aliphatic heterocycles. The molecule has 0 radical (unpaired) electrons. The first-order chi connectivity index (χ1) is 6.98. The standard InChI is InChI=1S/C10H10F2O2S/c1-8-2-4-9(5-3-8)15(13,14)10(12)6-7-11/h2-6H,7H2,1H3/b10-6+. The van der Waals surface area contributed by atoms with E-state index in [1.165, 1.54) is 12.1 Å². The second kappa shape index (κ2) is 4.53. The van der Waals surface area contributed by atoms with Gasteiger partial charge in [-0.1, -0.05) is 17.7 Å². The monoisotopic (exact) mass is 232 g/mol. The molecule has 1 aromatic carbocycles. The summed E-state index contributed by atoms with van der Waals surface area (Å²) in [4.78, 5) is -0.171. The summed E-state index contributed by atoms with van der Waals surface area (Å²) < 4.78 is 47.6.